The van der Waals surface area contributed by atoms with Crippen LogP contribution in [0.4, 0.5) is 0 Å². The summed E-state index contributed by atoms with van der Waals surface area (Å²) in [5.41, 5.74) is 0. The molecule has 0 spiro atoms. The Morgan fingerprint density at radius 1 is 1.25 bits per heavy atom. The minimum absolute atomic E-state index is 0. The molecular formula is C3H8S. The topological polar surface area (TPSA) is 0 Å². The molecule has 1 fully saturated rings. The van der Waals surface area contributed by atoms with Gasteiger partial charge in [0, 0.05) is 11.5 Å². The van der Waals surface area contributed by atoms with Gasteiger partial charge in [-0.2, -0.15) is 11.8 Å². The Bertz CT molecular complexity index is 8.00. The van der Waals surface area contributed by atoms with E-state index in [9.17, 15) is 0 Å². The molecule has 1 saturated heterocycles. The van der Waals surface area contributed by atoms with Gasteiger partial charge in [-0.05, 0) is 0 Å². The molecule has 26 valence electrons. The van der Waals surface area contributed by atoms with Crippen molar-refractivity contribution < 1.29 is 0 Å². The van der Waals surface area contributed by atoms with Crippen LogP contribution in [0.1, 0.15) is 7.43 Å². The first-order valence-electron chi connectivity index (χ1n) is 1.08. The summed E-state index contributed by atoms with van der Waals surface area (Å²) in [4.78, 5) is 0. The predicted molar refractivity (Wildman–Crippen MR) is 24.1 cm³/mol. The van der Waals surface area contributed by atoms with Crippen LogP contribution in [0, 0.1) is 0 Å². The highest BCUT2D eigenvalue weighted by Crippen LogP contribution is 2.14. The third kappa shape index (κ3) is 2.35. The van der Waals surface area contributed by atoms with E-state index in [4.69, 9.17) is 0 Å². The molecule has 1 heterocycles. The largest absolute Gasteiger partial charge is 0.160 e. The standard InChI is InChI=1S/C2H4S.CH4/c1-2-3-1;/h1-2H2;1H4. The summed E-state index contributed by atoms with van der Waals surface area (Å²) in [5, 5.41) is 0. The summed E-state index contributed by atoms with van der Waals surface area (Å²) in [7, 11) is 0. The van der Waals surface area contributed by atoms with Crippen LogP contribution in [0.3, 0.4) is 0 Å². The number of thioether (sulfide) groups is 1. The van der Waals surface area contributed by atoms with Crippen LogP contribution >= 0.6 is 11.8 Å². The Morgan fingerprint density at radius 2 is 1.50 bits per heavy atom. The number of hydrogen-bond acceptors (Lipinski definition) is 1. The first kappa shape index (κ1) is 4.35. The van der Waals surface area contributed by atoms with Crippen molar-refractivity contribution in [1.82, 2.24) is 0 Å². The van der Waals surface area contributed by atoms with E-state index in [0.717, 1.165) is 0 Å². The van der Waals surface area contributed by atoms with Gasteiger partial charge < -0.3 is 0 Å². The lowest BCUT2D eigenvalue weighted by Gasteiger charge is -1.11. The van der Waals surface area contributed by atoms with Crippen LogP contribution in [0.15, 0.2) is 0 Å². The molecule has 0 unspecified atom stereocenters. The Morgan fingerprint density at radius 3 is 1.50 bits per heavy atom. The van der Waals surface area contributed by atoms with Gasteiger partial charge in [0.05, 0.1) is 0 Å². The molecule has 0 aliphatic carbocycles. The summed E-state index contributed by atoms with van der Waals surface area (Å²) in [5.74, 6) is 2.83. The van der Waals surface area contributed by atoms with Crippen molar-refractivity contribution in [3.05, 3.63) is 0 Å². The van der Waals surface area contributed by atoms with Crippen molar-refractivity contribution in [2.45, 2.75) is 7.43 Å². The molecule has 0 bridgehead atoms. The summed E-state index contributed by atoms with van der Waals surface area (Å²) in [6.45, 7) is 0. The maximum absolute atomic E-state index is 2.00. The van der Waals surface area contributed by atoms with Gasteiger partial charge in [-0.1, -0.05) is 7.43 Å². The number of hydrogen-bond donors (Lipinski definition) is 0. The summed E-state index contributed by atoms with van der Waals surface area (Å²) >= 11 is 2.00. The van der Waals surface area contributed by atoms with Gasteiger partial charge >= 0.3 is 0 Å². The molecule has 1 rings (SSSR count). The van der Waals surface area contributed by atoms with Gasteiger partial charge in [0.2, 0.25) is 0 Å². The van der Waals surface area contributed by atoms with E-state index in [1.807, 2.05) is 11.8 Å². The summed E-state index contributed by atoms with van der Waals surface area (Å²) in [6.07, 6.45) is 0. The molecule has 0 amide bonds. The smallest absolute Gasteiger partial charge is 0.00238 e. The maximum Gasteiger partial charge on any atom is 0.00238 e. The van der Waals surface area contributed by atoms with Gasteiger partial charge in [-0.25, -0.2) is 0 Å². The molecule has 0 nitrogen and oxygen atoms in total. The molecule has 0 aromatic heterocycles. The zero-order valence-corrected chi connectivity index (χ0v) is 2.64. The Hall–Kier alpha value is 0.350. The van der Waals surface area contributed by atoms with Crippen LogP contribution in [0.5, 0.6) is 0 Å². The van der Waals surface area contributed by atoms with Gasteiger partial charge in [-0.15, -0.1) is 0 Å². The van der Waals surface area contributed by atoms with Gasteiger partial charge in [0.1, 0.15) is 0 Å². The molecule has 4 heavy (non-hydrogen) atoms. The normalized spacial score (nSPS) is 18.0. The SMILES string of the molecule is C.C1CS1. The molecule has 1 heteroatoms. The van der Waals surface area contributed by atoms with E-state index >= 15 is 0 Å². The molecule has 0 aromatic carbocycles. The fourth-order valence-corrected chi connectivity index (χ4v) is 0. The van der Waals surface area contributed by atoms with E-state index in [0.29, 0.717) is 0 Å². The quantitative estimate of drug-likeness (QED) is 0.393. The first-order valence-corrected chi connectivity index (χ1v) is 2.23. The molecular weight excluding hydrogens is 68.1 g/mol. The van der Waals surface area contributed by atoms with E-state index in [1.54, 1.807) is 0 Å². The molecule has 1 aliphatic heterocycles. The van der Waals surface area contributed by atoms with Crippen molar-refractivity contribution in [1.29, 1.82) is 0 Å². The van der Waals surface area contributed by atoms with Crippen molar-refractivity contribution in [2.24, 2.45) is 0 Å². The Kier molecular flexibility index (Phi) is 1.79. The molecule has 0 N–H and O–H groups in total. The average Bonchev–Trinajstić information content (AvgIpc) is 1.46. The fourth-order valence-electron chi connectivity index (χ4n) is 0. The zero-order chi connectivity index (χ0) is 2.12. The summed E-state index contributed by atoms with van der Waals surface area (Å²) < 4.78 is 0. The van der Waals surface area contributed by atoms with Gasteiger partial charge in [0.15, 0.2) is 0 Å². The second-order valence-electron chi connectivity index (χ2n) is 0.612. The monoisotopic (exact) mass is 76.0 g/mol. The second kappa shape index (κ2) is 1.65. The van der Waals surface area contributed by atoms with E-state index in [-0.39, 0.29) is 7.43 Å². The third-order valence-corrected chi connectivity index (χ3v) is 0.612. The zero-order valence-electron chi connectivity index (χ0n) is 1.82. The fraction of sp³-hybridized carbons (Fsp3) is 1.00. The number of rotatable bonds is 0. The van der Waals surface area contributed by atoms with E-state index < -0.39 is 0 Å². The van der Waals surface area contributed by atoms with Crippen LogP contribution in [0.25, 0.3) is 0 Å². The van der Waals surface area contributed by atoms with Crippen LogP contribution in [-0.4, -0.2) is 11.5 Å². The van der Waals surface area contributed by atoms with E-state index in [1.165, 1.54) is 11.5 Å². The molecule has 0 saturated carbocycles. The lowest BCUT2D eigenvalue weighted by molar-refractivity contribution is 1.75. The third-order valence-electron chi connectivity index (χ3n) is 0.204. The van der Waals surface area contributed by atoms with Gasteiger partial charge in [-0.3, -0.25) is 0 Å². The minimum Gasteiger partial charge on any atom is -0.160 e. The van der Waals surface area contributed by atoms with Crippen LogP contribution < -0.4 is 0 Å². The highest BCUT2D eigenvalue weighted by Gasteiger charge is 1.95. The lowest BCUT2D eigenvalue weighted by Crippen LogP contribution is -1.20. The Labute approximate surface area is 31.6 Å². The van der Waals surface area contributed by atoms with Crippen molar-refractivity contribution >= 4 is 11.8 Å². The van der Waals surface area contributed by atoms with Crippen molar-refractivity contribution in [3.63, 3.8) is 0 Å². The van der Waals surface area contributed by atoms with Crippen molar-refractivity contribution in [2.75, 3.05) is 11.5 Å². The minimum atomic E-state index is 0. The van der Waals surface area contributed by atoms with E-state index in [2.05, 4.69) is 0 Å². The molecule has 0 atom stereocenters. The second-order valence-corrected chi connectivity index (χ2v) is 1.84. The molecule has 0 radical (unpaired) electrons. The average molecular weight is 76.2 g/mol. The van der Waals surface area contributed by atoms with Crippen LogP contribution in [0.2, 0.25) is 0 Å². The summed E-state index contributed by atoms with van der Waals surface area (Å²) in [6, 6.07) is 0. The maximum atomic E-state index is 2.00. The Balaban J connectivity index is 0.0000000900. The van der Waals surface area contributed by atoms with Gasteiger partial charge in [0.25, 0.3) is 0 Å². The molecule has 0 aromatic rings. The van der Waals surface area contributed by atoms with Crippen LogP contribution in [-0.2, 0) is 0 Å². The lowest BCUT2D eigenvalue weighted by atomic mass is 11.0. The van der Waals surface area contributed by atoms with Crippen molar-refractivity contribution in [3.8, 4) is 0 Å². The first-order chi connectivity index (χ1) is 1.50. The highest BCUT2D eigenvalue weighted by molar-refractivity contribution is 8.06. The highest BCUT2D eigenvalue weighted by atomic mass is 32.2. The molecule has 1 aliphatic rings. The predicted octanol–water partition coefficient (Wildman–Crippen LogP) is 1.37.